The highest BCUT2D eigenvalue weighted by atomic mass is 16.1. The third-order valence-electron chi connectivity index (χ3n) is 4.05. The Bertz CT molecular complexity index is 453. The molecule has 2 atom stereocenters. The van der Waals surface area contributed by atoms with Crippen molar-refractivity contribution in [2.24, 2.45) is 5.92 Å². The highest BCUT2D eigenvalue weighted by Crippen LogP contribution is 2.10. The summed E-state index contributed by atoms with van der Waals surface area (Å²) < 4.78 is 1.56. The summed E-state index contributed by atoms with van der Waals surface area (Å²) in [6.45, 7) is 10.9. The topological polar surface area (TPSA) is 50.2 Å². The molecule has 0 saturated heterocycles. The van der Waals surface area contributed by atoms with Gasteiger partial charge in [0.1, 0.15) is 0 Å². The Morgan fingerprint density at radius 1 is 1.35 bits per heavy atom. The quantitative estimate of drug-likeness (QED) is 0.788. The zero-order valence-electron chi connectivity index (χ0n) is 13.4. The third kappa shape index (κ3) is 4.07. The van der Waals surface area contributed by atoms with E-state index in [2.05, 4.69) is 43.0 Å². The minimum Gasteiger partial charge on any atom is -0.371 e. The molecule has 0 amide bonds. The van der Waals surface area contributed by atoms with Crippen molar-refractivity contribution in [2.75, 3.05) is 25.0 Å². The van der Waals surface area contributed by atoms with E-state index >= 15 is 0 Å². The molecule has 1 aromatic heterocycles. The lowest BCUT2D eigenvalue weighted by Gasteiger charge is -2.24. The molecule has 0 aliphatic carbocycles. The minimum atomic E-state index is -0.0297. The van der Waals surface area contributed by atoms with E-state index in [0.717, 1.165) is 25.2 Å². The van der Waals surface area contributed by atoms with Crippen LogP contribution in [0.1, 0.15) is 34.1 Å². The molecule has 0 fully saturated rings. The zero-order valence-corrected chi connectivity index (χ0v) is 13.4. The molecule has 0 spiro atoms. The molecule has 0 radical (unpaired) electrons. The van der Waals surface area contributed by atoms with Crippen LogP contribution in [0, 0.1) is 5.92 Å². The molecular formula is C15H28N4O. The third-order valence-corrected chi connectivity index (χ3v) is 4.05. The van der Waals surface area contributed by atoms with Crippen molar-refractivity contribution in [3.63, 3.8) is 0 Å². The molecule has 0 bridgehead atoms. The fourth-order valence-electron chi connectivity index (χ4n) is 2.35. The summed E-state index contributed by atoms with van der Waals surface area (Å²) >= 11 is 0. The molecule has 0 aliphatic rings. The molecule has 1 heterocycles. The number of anilines is 1. The van der Waals surface area contributed by atoms with Crippen molar-refractivity contribution in [3.8, 4) is 0 Å². The first kappa shape index (κ1) is 16.7. The predicted molar refractivity (Wildman–Crippen MR) is 84.4 cm³/mol. The summed E-state index contributed by atoms with van der Waals surface area (Å²) in [4.78, 5) is 14.3. The van der Waals surface area contributed by atoms with Crippen LogP contribution in [0.5, 0.6) is 0 Å². The molecule has 1 rings (SSSR count). The Balaban J connectivity index is 2.90. The van der Waals surface area contributed by atoms with Crippen molar-refractivity contribution in [1.29, 1.82) is 0 Å². The van der Waals surface area contributed by atoms with Crippen molar-refractivity contribution in [2.45, 2.75) is 46.7 Å². The molecule has 0 saturated carbocycles. The number of likely N-dealkylation sites (N-methyl/N-ethyl adjacent to an activating group) is 1. The Labute approximate surface area is 122 Å². The van der Waals surface area contributed by atoms with E-state index in [1.54, 1.807) is 16.9 Å². The summed E-state index contributed by atoms with van der Waals surface area (Å²) in [5.41, 5.74) is 0.874. The van der Waals surface area contributed by atoms with Crippen molar-refractivity contribution in [1.82, 2.24) is 15.1 Å². The molecule has 0 aromatic carbocycles. The molecule has 0 aliphatic heterocycles. The first-order valence-electron chi connectivity index (χ1n) is 7.56. The van der Waals surface area contributed by atoms with E-state index in [1.165, 1.54) is 0 Å². The van der Waals surface area contributed by atoms with Crippen LogP contribution in [0.2, 0.25) is 0 Å². The van der Waals surface area contributed by atoms with E-state index in [-0.39, 0.29) is 11.6 Å². The van der Waals surface area contributed by atoms with Gasteiger partial charge in [-0.05, 0) is 26.8 Å². The van der Waals surface area contributed by atoms with Gasteiger partial charge in [-0.25, -0.2) is 4.68 Å². The van der Waals surface area contributed by atoms with Gasteiger partial charge >= 0.3 is 0 Å². The molecule has 20 heavy (non-hydrogen) atoms. The first-order chi connectivity index (χ1) is 9.57. The highest BCUT2D eigenvalue weighted by molar-refractivity contribution is 5.42. The van der Waals surface area contributed by atoms with Crippen LogP contribution in [0.25, 0.3) is 0 Å². The number of hydrogen-bond acceptors (Lipinski definition) is 4. The largest absolute Gasteiger partial charge is 0.371 e. The summed E-state index contributed by atoms with van der Waals surface area (Å²) in [6, 6.07) is 1.95. The van der Waals surface area contributed by atoms with E-state index in [1.807, 2.05) is 7.05 Å². The Hall–Kier alpha value is -1.36. The average molecular weight is 280 g/mol. The van der Waals surface area contributed by atoms with Crippen LogP contribution < -0.4 is 15.8 Å². The van der Waals surface area contributed by atoms with Crippen molar-refractivity contribution in [3.05, 3.63) is 22.6 Å². The number of nitrogens with one attached hydrogen (secondary N) is 1. The lowest BCUT2D eigenvalue weighted by atomic mass is 9.99. The molecule has 114 valence electrons. The second-order valence-corrected chi connectivity index (χ2v) is 5.19. The molecule has 2 unspecified atom stereocenters. The van der Waals surface area contributed by atoms with Crippen LogP contribution in [-0.2, 0) is 6.54 Å². The van der Waals surface area contributed by atoms with Gasteiger partial charge in [-0.1, -0.05) is 20.3 Å². The van der Waals surface area contributed by atoms with E-state index in [0.29, 0.717) is 12.5 Å². The Morgan fingerprint density at radius 2 is 2.00 bits per heavy atom. The smallest absolute Gasteiger partial charge is 0.268 e. The van der Waals surface area contributed by atoms with Gasteiger partial charge in [0, 0.05) is 25.2 Å². The van der Waals surface area contributed by atoms with Crippen LogP contribution in [0.3, 0.4) is 0 Å². The predicted octanol–water partition coefficient (Wildman–Crippen LogP) is 1.72. The van der Waals surface area contributed by atoms with Gasteiger partial charge < -0.3 is 10.2 Å². The fraction of sp³-hybridized carbons (Fsp3) is 0.733. The maximum atomic E-state index is 12.2. The Kier molecular flexibility index (Phi) is 6.71. The maximum Gasteiger partial charge on any atom is 0.268 e. The number of aromatic nitrogens is 2. The number of hydrogen-bond donors (Lipinski definition) is 1. The first-order valence-corrected chi connectivity index (χ1v) is 7.56. The lowest BCUT2D eigenvalue weighted by molar-refractivity contribution is 0.330. The van der Waals surface area contributed by atoms with Gasteiger partial charge in [0.05, 0.1) is 18.4 Å². The van der Waals surface area contributed by atoms with Crippen LogP contribution in [0.15, 0.2) is 17.1 Å². The van der Waals surface area contributed by atoms with Gasteiger partial charge in [-0.15, -0.1) is 0 Å². The van der Waals surface area contributed by atoms with E-state index < -0.39 is 0 Å². The lowest BCUT2D eigenvalue weighted by Crippen LogP contribution is -2.40. The fourth-order valence-corrected chi connectivity index (χ4v) is 2.35. The highest BCUT2D eigenvalue weighted by Gasteiger charge is 2.15. The van der Waals surface area contributed by atoms with Gasteiger partial charge in [-0.3, -0.25) is 4.79 Å². The molecule has 1 N–H and O–H groups in total. The van der Waals surface area contributed by atoms with Gasteiger partial charge in [0.2, 0.25) is 0 Å². The maximum absolute atomic E-state index is 12.2. The van der Waals surface area contributed by atoms with Gasteiger partial charge in [0.25, 0.3) is 5.56 Å². The standard InChI is InChI=1S/C15H28N4O/c1-6-12(4)14(16-5)11-19-15(20)9-13(10-17-19)18(7-2)8-3/h9-10,12,14,16H,6-8,11H2,1-5H3. The monoisotopic (exact) mass is 280 g/mol. The van der Waals surface area contributed by atoms with E-state index in [9.17, 15) is 4.79 Å². The van der Waals surface area contributed by atoms with Crippen LogP contribution in [0.4, 0.5) is 5.69 Å². The molecule has 5 heteroatoms. The van der Waals surface area contributed by atoms with Crippen molar-refractivity contribution >= 4 is 5.69 Å². The summed E-state index contributed by atoms with van der Waals surface area (Å²) in [6.07, 6.45) is 2.87. The second-order valence-electron chi connectivity index (χ2n) is 5.19. The van der Waals surface area contributed by atoms with Crippen molar-refractivity contribution < 1.29 is 0 Å². The minimum absolute atomic E-state index is 0.0297. The van der Waals surface area contributed by atoms with Crippen LogP contribution >= 0.6 is 0 Å². The van der Waals surface area contributed by atoms with E-state index in [4.69, 9.17) is 0 Å². The Morgan fingerprint density at radius 3 is 2.45 bits per heavy atom. The number of rotatable bonds is 8. The summed E-state index contributed by atoms with van der Waals surface area (Å²) in [5, 5.41) is 7.60. The van der Waals surface area contributed by atoms with Gasteiger partial charge in [-0.2, -0.15) is 5.10 Å². The molecular weight excluding hydrogens is 252 g/mol. The second kappa shape index (κ2) is 8.04. The summed E-state index contributed by atoms with van der Waals surface area (Å²) in [7, 11) is 1.94. The van der Waals surface area contributed by atoms with Crippen LogP contribution in [-0.4, -0.2) is 36.0 Å². The summed E-state index contributed by atoms with van der Waals surface area (Å²) in [5.74, 6) is 0.510. The zero-order chi connectivity index (χ0) is 15.1. The molecule has 5 nitrogen and oxygen atoms in total. The SMILES string of the molecule is CCC(C)C(Cn1ncc(N(CC)CC)cc1=O)NC. The van der Waals surface area contributed by atoms with Gasteiger partial charge in [0.15, 0.2) is 0 Å². The molecule has 1 aromatic rings. The average Bonchev–Trinajstić information content (AvgIpc) is 2.47. The normalized spacial score (nSPS) is 14.1. The number of nitrogens with zero attached hydrogens (tertiary/aromatic N) is 3.